The Balaban J connectivity index is 1.53. The molecule has 0 radical (unpaired) electrons. The fraction of sp³-hybridized carbons (Fsp3) is 0.350. The molecule has 1 aliphatic rings. The molecule has 0 bridgehead atoms. The standard InChI is InChI=1S/C20H23N5/c1-2-3-6-9-25-12-17-19(13-25)22-14-23-20(17)24-16-10-15-7-4-5-8-18(15)21-11-16/h4-5,7-8,10-11,14H,2-3,6,9,12-13H2,1H3,(H,22,23,24). The first kappa shape index (κ1) is 16.0. The van der Waals surface area contributed by atoms with Gasteiger partial charge in [0.1, 0.15) is 12.1 Å². The number of aromatic nitrogens is 3. The van der Waals surface area contributed by atoms with Crippen LogP contribution in [0.15, 0.2) is 42.9 Å². The van der Waals surface area contributed by atoms with Crippen LogP contribution in [0.2, 0.25) is 0 Å². The number of rotatable bonds is 6. The largest absolute Gasteiger partial charge is 0.339 e. The van der Waals surface area contributed by atoms with Gasteiger partial charge in [-0.1, -0.05) is 38.0 Å². The molecular formula is C20H23N5. The van der Waals surface area contributed by atoms with Crippen molar-refractivity contribution in [3.8, 4) is 0 Å². The average molecular weight is 333 g/mol. The second-order valence-corrected chi connectivity index (χ2v) is 6.61. The van der Waals surface area contributed by atoms with Gasteiger partial charge in [0.05, 0.1) is 23.1 Å². The molecule has 0 unspecified atom stereocenters. The highest BCUT2D eigenvalue weighted by atomic mass is 15.2. The SMILES string of the molecule is CCCCCN1Cc2ncnc(Nc3cnc4ccccc4c3)c2C1. The normalized spacial score (nSPS) is 14.0. The van der Waals surface area contributed by atoms with Crippen LogP contribution in [-0.2, 0) is 13.1 Å². The van der Waals surface area contributed by atoms with Gasteiger partial charge in [0.25, 0.3) is 0 Å². The van der Waals surface area contributed by atoms with Gasteiger partial charge < -0.3 is 5.32 Å². The van der Waals surface area contributed by atoms with Gasteiger partial charge in [-0.15, -0.1) is 0 Å². The van der Waals surface area contributed by atoms with E-state index in [4.69, 9.17) is 0 Å². The second-order valence-electron chi connectivity index (χ2n) is 6.61. The minimum atomic E-state index is 0.903. The van der Waals surface area contributed by atoms with Gasteiger partial charge >= 0.3 is 0 Å². The van der Waals surface area contributed by atoms with Crippen molar-refractivity contribution in [2.75, 3.05) is 11.9 Å². The first-order chi connectivity index (χ1) is 12.3. The Bertz CT molecular complexity index is 877. The van der Waals surface area contributed by atoms with Crippen LogP contribution in [0.1, 0.15) is 37.4 Å². The summed E-state index contributed by atoms with van der Waals surface area (Å²) in [5.41, 5.74) is 4.32. The third-order valence-electron chi connectivity index (χ3n) is 4.72. The van der Waals surface area contributed by atoms with Crippen LogP contribution in [0.3, 0.4) is 0 Å². The topological polar surface area (TPSA) is 53.9 Å². The maximum Gasteiger partial charge on any atom is 0.138 e. The number of fused-ring (bicyclic) bond motifs is 2. The van der Waals surface area contributed by atoms with Gasteiger partial charge in [0, 0.05) is 24.0 Å². The Hall–Kier alpha value is -2.53. The van der Waals surface area contributed by atoms with E-state index in [0.717, 1.165) is 47.7 Å². The Labute approximate surface area is 148 Å². The first-order valence-corrected chi connectivity index (χ1v) is 9.00. The molecule has 0 atom stereocenters. The molecule has 25 heavy (non-hydrogen) atoms. The molecular weight excluding hydrogens is 310 g/mol. The lowest BCUT2D eigenvalue weighted by Gasteiger charge is -2.14. The Morgan fingerprint density at radius 3 is 2.92 bits per heavy atom. The molecule has 4 rings (SSSR count). The third kappa shape index (κ3) is 3.46. The van der Waals surface area contributed by atoms with Gasteiger partial charge in [0.15, 0.2) is 0 Å². The Morgan fingerprint density at radius 2 is 2.00 bits per heavy atom. The number of hydrogen-bond donors (Lipinski definition) is 1. The zero-order chi connectivity index (χ0) is 17.1. The van der Waals surface area contributed by atoms with Gasteiger partial charge in [-0.25, -0.2) is 9.97 Å². The van der Waals surface area contributed by atoms with Gasteiger partial charge in [-0.2, -0.15) is 0 Å². The fourth-order valence-electron chi connectivity index (χ4n) is 3.37. The summed E-state index contributed by atoms with van der Waals surface area (Å²) < 4.78 is 0. The molecule has 3 aromatic rings. The van der Waals surface area contributed by atoms with Crippen LogP contribution in [0, 0.1) is 0 Å². The molecule has 1 aromatic carbocycles. The average Bonchev–Trinajstić information content (AvgIpc) is 3.06. The summed E-state index contributed by atoms with van der Waals surface area (Å²) in [5.74, 6) is 0.903. The zero-order valence-corrected chi connectivity index (χ0v) is 14.6. The van der Waals surface area contributed by atoms with Crippen molar-refractivity contribution in [2.24, 2.45) is 0 Å². The maximum atomic E-state index is 4.52. The van der Waals surface area contributed by atoms with Crippen molar-refractivity contribution < 1.29 is 0 Å². The van der Waals surface area contributed by atoms with E-state index >= 15 is 0 Å². The molecule has 3 heterocycles. The third-order valence-corrected chi connectivity index (χ3v) is 4.72. The van der Waals surface area contributed by atoms with Crippen molar-refractivity contribution in [1.82, 2.24) is 19.9 Å². The smallest absolute Gasteiger partial charge is 0.138 e. The number of pyridine rings is 1. The lowest BCUT2D eigenvalue weighted by molar-refractivity contribution is 0.276. The molecule has 1 N–H and O–H groups in total. The summed E-state index contributed by atoms with van der Waals surface area (Å²) >= 11 is 0. The highest BCUT2D eigenvalue weighted by molar-refractivity contribution is 5.82. The van der Waals surface area contributed by atoms with Crippen LogP contribution in [0.25, 0.3) is 10.9 Å². The van der Waals surface area contributed by atoms with E-state index in [1.807, 2.05) is 24.4 Å². The lowest BCUT2D eigenvalue weighted by Crippen LogP contribution is -2.17. The molecule has 5 nitrogen and oxygen atoms in total. The minimum Gasteiger partial charge on any atom is -0.339 e. The molecule has 0 spiro atoms. The van der Waals surface area contributed by atoms with Crippen LogP contribution < -0.4 is 5.32 Å². The number of para-hydroxylation sites is 1. The summed E-state index contributed by atoms with van der Waals surface area (Å²) in [6, 6.07) is 10.3. The molecule has 128 valence electrons. The molecule has 0 saturated carbocycles. The Kier molecular flexibility index (Phi) is 4.57. The van der Waals surface area contributed by atoms with E-state index in [9.17, 15) is 0 Å². The van der Waals surface area contributed by atoms with Crippen molar-refractivity contribution >= 4 is 22.4 Å². The van der Waals surface area contributed by atoms with Crippen molar-refractivity contribution in [3.63, 3.8) is 0 Å². The fourth-order valence-corrected chi connectivity index (χ4v) is 3.37. The van der Waals surface area contributed by atoms with Gasteiger partial charge in [-0.3, -0.25) is 9.88 Å². The van der Waals surface area contributed by atoms with E-state index < -0.39 is 0 Å². The van der Waals surface area contributed by atoms with E-state index in [2.05, 4.69) is 44.2 Å². The van der Waals surface area contributed by atoms with E-state index in [-0.39, 0.29) is 0 Å². The predicted molar refractivity (Wildman–Crippen MR) is 101 cm³/mol. The van der Waals surface area contributed by atoms with Crippen molar-refractivity contribution in [3.05, 3.63) is 54.1 Å². The molecule has 0 amide bonds. The first-order valence-electron chi connectivity index (χ1n) is 9.00. The van der Waals surface area contributed by atoms with Crippen LogP contribution >= 0.6 is 0 Å². The molecule has 1 aliphatic heterocycles. The number of hydrogen-bond acceptors (Lipinski definition) is 5. The Morgan fingerprint density at radius 1 is 1.08 bits per heavy atom. The molecule has 0 fully saturated rings. The number of unbranched alkanes of at least 4 members (excludes halogenated alkanes) is 2. The van der Waals surface area contributed by atoms with Crippen molar-refractivity contribution in [2.45, 2.75) is 39.3 Å². The van der Waals surface area contributed by atoms with Crippen molar-refractivity contribution in [1.29, 1.82) is 0 Å². The summed E-state index contributed by atoms with van der Waals surface area (Å²) in [5, 5.41) is 4.57. The lowest BCUT2D eigenvalue weighted by atomic mass is 10.2. The number of anilines is 2. The maximum absolute atomic E-state index is 4.52. The van der Waals surface area contributed by atoms with E-state index in [1.54, 1.807) is 6.33 Å². The van der Waals surface area contributed by atoms with Gasteiger partial charge in [0.2, 0.25) is 0 Å². The van der Waals surface area contributed by atoms with E-state index in [1.165, 1.54) is 24.8 Å². The molecule has 5 heteroatoms. The van der Waals surface area contributed by atoms with Gasteiger partial charge in [-0.05, 0) is 25.1 Å². The summed E-state index contributed by atoms with van der Waals surface area (Å²) in [6.07, 6.45) is 7.31. The summed E-state index contributed by atoms with van der Waals surface area (Å²) in [4.78, 5) is 15.9. The molecule has 0 aliphatic carbocycles. The minimum absolute atomic E-state index is 0.903. The predicted octanol–water partition coefficient (Wildman–Crippen LogP) is 4.27. The van der Waals surface area contributed by atoms with Crippen LogP contribution in [0.5, 0.6) is 0 Å². The molecule has 2 aromatic heterocycles. The highest BCUT2D eigenvalue weighted by Gasteiger charge is 2.23. The number of nitrogens with zero attached hydrogens (tertiary/aromatic N) is 4. The monoisotopic (exact) mass is 333 g/mol. The highest BCUT2D eigenvalue weighted by Crippen LogP contribution is 2.28. The van der Waals surface area contributed by atoms with Crippen LogP contribution in [-0.4, -0.2) is 26.4 Å². The summed E-state index contributed by atoms with van der Waals surface area (Å²) in [6.45, 7) is 5.21. The van der Waals surface area contributed by atoms with Crippen LogP contribution in [0.4, 0.5) is 11.5 Å². The molecule has 0 saturated heterocycles. The summed E-state index contributed by atoms with van der Waals surface area (Å²) in [7, 11) is 0. The number of benzene rings is 1. The number of nitrogens with one attached hydrogen (secondary N) is 1. The zero-order valence-electron chi connectivity index (χ0n) is 14.6. The second kappa shape index (κ2) is 7.15. The quantitative estimate of drug-likeness (QED) is 0.683. The van der Waals surface area contributed by atoms with E-state index in [0.29, 0.717) is 0 Å².